The van der Waals surface area contributed by atoms with Gasteiger partial charge in [0.25, 0.3) is 5.56 Å². The molecule has 0 aliphatic rings. The van der Waals surface area contributed by atoms with Gasteiger partial charge in [0.1, 0.15) is 12.3 Å². The van der Waals surface area contributed by atoms with Gasteiger partial charge in [0.15, 0.2) is 11.2 Å². The van der Waals surface area contributed by atoms with Crippen LogP contribution in [0.15, 0.2) is 81.3 Å². The second-order valence-corrected chi connectivity index (χ2v) is 8.09. The van der Waals surface area contributed by atoms with Crippen LogP contribution in [-0.4, -0.2) is 48.6 Å². The van der Waals surface area contributed by atoms with E-state index < -0.39 is 23.8 Å². The minimum absolute atomic E-state index is 0.171. The van der Waals surface area contributed by atoms with Gasteiger partial charge in [-0.25, -0.2) is 19.1 Å². The van der Waals surface area contributed by atoms with Gasteiger partial charge in [-0.2, -0.15) is 0 Å². The number of hydrogen-bond acceptors (Lipinski definition) is 9. The fourth-order valence-electron chi connectivity index (χ4n) is 3.90. The molecule has 0 spiro atoms. The fraction of sp³-hybridized carbons (Fsp3) is 0.200. The molecule has 3 aromatic heterocycles. The third-order valence-corrected chi connectivity index (χ3v) is 5.68. The normalized spacial score (nSPS) is 11.2. The van der Waals surface area contributed by atoms with Gasteiger partial charge in [0.05, 0.1) is 19.5 Å². The summed E-state index contributed by atoms with van der Waals surface area (Å²) in [5, 5.41) is 7.45. The van der Waals surface area contributed by atoms with E-state index in [0.29, 0.717) is 24.6 Å². The fourth-order valence-corrected chi connectivity index (χ4v) is 3.90. The van der Waals surface area contributed by atoms with E-state index in [1.165, 1.54) is 17.3 Å². The summed E-state index contributed by atoms with van der Waals surface area (Å²) in [6.45, 7) is 0.278. The van der Waals surface area contributed by atoms with Crippen molar-refractivity contribution in [1.82, 2.24) is 28.9 Å². The summed E-state index contributed by atoms with van der Waals surface area (Å²) in [6, 6.07) is 15.7. The second-order valence-electron chi connectivity index (χ2n) is 8.09. The van der Waals surface area contributed by atoms with E-state index >= 15 is 0 Å². The first kappa shape index (κ1) is 23.9. The van der Waals surface area contributed by atoms with Crippen LogP contribution in [0.5, 0.6) is 5.75 Å². The third-order valence-electron chi connectivity index (χ3n) is 5.68. The van der Waals surface area contributed by atoms with Crippen LogP contribution in [-0.2, 0) is 29.2 Å². The lowest BCUT2D eigenvalue weighted by Crippen LogP contribution is -2.43. The molecule has 0 unspecified atom stereocenters. The molecule has 37 heavy (non-hydrogen) atoms. The first-order chi connectivity index (χ1) is 18.0. The van der Waals surface area contributed by atoms with Crippen molar-refractivity contribution in [2.75, 3.05) is 13.7 Å². The van der Waals surface area contributed by atoms with E-state index in [1.54, 1.807) is 35.9 Å². The smallest absolute Gasteiger partial charge is 0.333 e. The number of carbonyl (C=O) groups excluding carboxylic acids is 1. The summed E-state index contributed by atoms with van der Waals surface area (Å²) < 4.78 is 19.5. The van der Waals surface area contributed by atoms with Crippen molar-refractivity contribution in [3.8, 4) is 17.2 Å². The lowest BCUT2D eigenvalue weighted by atomic mass is 10.2. The van der Waals surface area contributed by atoms with Crippen molar-refractivity contribution in [3.05, 3.63) is 93.7 Å². The quantitative estimate of drug-likeness (QED) is 0.218. The Labute approximate surface area is 209 Å². The summed E-state index contributed by atoms with van der Waals surface area (Å²) in [7, 11) is 1.55. The first-order valence-corrected chi connectivity index (χ1v) is 11.3. The monoisotopic (exact) mass is 502 g/mol. The lowest BCUT2D eigenvalue weighted by Gasteiger charge is -2.13. The molecule has 0 bridgehead atoms. The van der Waals surface area contributed by atoms with Crippen molar-refractivity contribution >= 4 is 17.1 Å². The van der Waals surface area contributed by atoms with Crippen LogP contribution in [0, 0.1) is 0 Å². The Morgan fingerprint density at radius 2 is 1.81 bits per heavy atom. The van der Waals surface area contributed by atoms with E-state index in [2.05, 4.69) is 15.2 Å². The zero-order chi connectivity index (χ0) is 25.8. The highest BCUT2D eigenvalue weighted by Crippen LogP contribution is 2.20. The molecule has 5 aromatic rings. The van der Waals surface area contributed by atoms with E-state index in [9.17, 15) is 14.4 Å². The summed E-state index contributed by atoms with van der Waals surface area (Å²) >= 11 is 0. The average molecular weight is 502 g/mol. The highest BCUT2D eigenvalue weighted by molar-refractivity contribution is 5.74. The maximum Gasteiger partial charge on any atom is 0.333 e. The SMILES string of the molecule is COCCn1cnc2c1c(=O)n(CC(=O)Oc1ccc(-c3nnco3)cc1)c(=O)n2Cc1ccccc1. The Morgan fingerprint density at radius 3 is 2.51 bits per heavy atom. The number of nitrogens with zero attached hydrogens (tertiary/aromatic N) is 6. The number of methoxy groups -OCH3 is 1. The van der Waals surface area contributed by atoms with Gasteiger partial charge in [0, 0.05) is 19.2 Å². The minimum Gasteiger partial charge on any atom is -0.425 e. The van der Waals surface area contributed by atoms with Crippen LogP contribution < -0.4 is 16.0 Å². The predicted molar refractivity (Wildman–Crippen MR) is 131 cm³/mol. The van der Waals surface area contributed by atoms with Crippen molar-refractivity contribution in [3.63, 3.8) is 0 Å². The largest absolute Gasteiger partial charge is 0.425 e. The minimum atomic E-state index is -0.779. The zero-order valence-corrected chi connectivity index (χ0v) is 19.8. The molecule has 0 saturated carbocycles. The molecule has 2 aromatic carbocycles. The Kier molecular flexibility index (Phi) is 6.72. The summed E-state index contributed by atoms with van der Waals surface area (Å²) in [4.78, 5) is 43.9. The summed E-state index contributed by atoms with van der Waals surface area (Å²) in [6.07, 6.45) is 2.70. The van der Waals surface area contributed by atoms with Crippen LogP contribution in [0.2, 0.25) is 0 Å². The molecular weight excluding hydrogens is 480 g/mol. The molecular formula is C25H22N6O6. The van der Waals surface area contributed by atoms with Gasteiger partial charge in [-0.1, -0.05) is 30.3 Å². The van der Waals surface area contributed by atoms with Gasteiger partial charge in [-0.15, -0.1) is 10.2 Å². The molecule has 0 N–H and O–H groups in total. The highest BCUT2D eigenvalue weighted by Gasteiger charge is 2.21. The summed E-state index contributed by atoms with van der Waals surface area (Å²) in [5.41, 5.74) is 0.614. The number of rotatable bonds is 9. The van der Waals surface area contributed by atoms with Crippen LogP contribution >= 0.6 is 0 Å². The number of esters is 1. The lowest BCUT2D eigenvalue weighted by molar-refractivity contribution is -0.135. The molecule has 0 amide bonds. The Bertz CT molecular complexity index is 1640. The number of hydrogen-bond donors (Lipinski definition) is 0. The first-order valence-electron chi connectivity index (χ1n) is 11.3. The van der Waals surface area contributed by atoms with E-state index in [4.69, 9.17) is 13.9 Å². The number of ether oxygens (including phenoxy) is 2. The molecule has 0 aliphatic heterocycles. The molecule has 0 atom stereocenters. The maximum atomic E-state index is 13.4. The second kappa shape index (κ2) is 10.4. The number of benzene rings is 2. The van der Waals surface area contributed by atoms with Crippen molar-refractivity contribution in [2.45, 2.75) is 19.6 Å². The Morgan fingerprint density at radius 1 is 1.03 bits per heavy atom. The van der Waals surface area contributed by atoms with Crippen molar-refractivity contribution in [2.24, 2.45) is 0 Å². The molecule has 0 saturated heterocycles. The molecule has 12 nitrogen and oxygen atoms in total. The molecule has 0 aliphatic carbocycles. The van der Waals surface area contributed by atoms with Crippen LogP contribution in [0.25, 0.3) is 22.6 Å². The number of aromatic nitrogens is 6. The number of imidazole rings is 1. The van der Waals surface area contributed by atoms with Crippen LogP contribution in [0.4, 0.5) is 0 Å². The Hall–Kier alpha value is -4.84. The molecule has 3 heterocycles. The van der Waals surface area contributed by atoms with Crippen LogP contribution in [0.1, 0.15) is 5.56 Å². The molecule has 188 valence electrons. The third kappa shape index (κ3) is 4.95. The Balaban J connectivity index is 1.47. The van der Waals surface area contributed by atoms with E-state index in [-0.39, 0.29) is 23.5 Å². The van der Waals surface area contributed by atoms with E-state index in [0.717, 1.165) is 10.1 Å². The summed E-state index contributed by atoms with van der Waals surface area (Å²) in [5.74, 6) is -0.225. The van der Waals surface area contributed by atoms with Gasteiger partial charge in [0.2, 0.25) is 12.3 Å². The maximum absolute atomic E-state index is 13.4. The van der Waals surface area contributed by atoms with Gasteiger partial charge in [-0.3, -0.25) is 9.36 Å². The topological polar surface area (TPSA) is 136 Å². The van der Waals surface area contributed by atoms with Gasteiger partial charge in [-0.05, 0) is 29.8 Å². The standard InChI is InChI=1S/C25H22N6O6/c1-35-12-11-29-15-26-22-21(29)24(33)31(25(34)30(22)13-17-5-3-2-4-6-17)14-20(32)37-19-9-7-18(8-10-19)23-28-27-16-36-23/h2-10,15-16H,11-14H2,1H3. The van der Waals surface area contributed by atoms with E-state index in [1.807, 2.05) is 30.3 Å². The molecule has 12 heteroatoms. The molecule has 0 radical (unpaired) electrons. The zero-order valence-electron chi connectivity index (χ0n) is 19.8. The van der Waals surface area contributed by atoms with Crippen molar-refractivity contribution < 1.29 is 18.7 Å². The average Bonchev–Trinajstić information content (AvgIpc) is 3.60. The number of fused-ring (bicyclic) bond motifs is 1. The van der Waals surface area contributed by atoms with Crippen LogP contribution in [0.3, 0.4) is 0 Å². The van der Waals surface area contributed by atoms with Gasteiger partial charge >= 0.3 is 11.7 Å². The predicted octanol–water partition coefficient (Wildman–Crippen LogP) is 1.71. The molecule has 5 rings (SSSR count). The van der Waals surface area contributed by atoms with Crippen molar-refractivity contribution in [1.29, 1.82) is 0 Å². The highest BCUT2D eigenvalue weighted by atomic mass is 16.5. The number of carbonyl (C=O) groups is 1. The molecule has 0 fully saturated rings. The van der Waals surface area contributed by atoms with Gasteiger partial charge < -0.3 is 18.5 Å².